The third-order valence-electron chi connectivity index (χ3n) is 3.11. The number of nitrogens with zero attached hydrogens (tertiary/aromatic N) is 1. The first-order valence-electron chi connectivity index (χ1n) is 6.02. The van der Waals surface area contributed by atoms with Gasteiger partial charge in [-0.05, 0) is 24.6 Å². The summed E-state index contributed by atoms with van der Waals surface area (Å²) in [7, 11) is 0. The van der Waals surface area contributed by atoms with E-state index >= 15 is 0 Å². The van der Waals surface area contributed by atoms with Gasteiger partial charge in [-0.2, -0.15) is 0 Å². The average molecular weight is 237 g/mol. The summed E-state index contributed by atoms with van der Waals surface area (Å²) in [5.41, 5.74) is 11.1. The second-order valence-corrected chi connectivity index (χ2v) is 4.51. The fourth-order valence-corrected chi connectivity index (χ4v) is 2.03. The van der Waals surface area contributed by atoms with E-state index < -0.39 is 0 Å². The zero-order valence-electron chi connectivity index (χ0n) is 10.3. The number of aromatic amines is 1. The fraction of sp³-hybridized carbons (Fsp3) is 0.133. The van der Waals surface area contributed by atoms with E-state index in [9.17, 15) is 0 Å². The predicted molar refractivity (Wildman–Crippen MR) is 74.2 cm³/mol. The van der Waals surface area contributed by atoms with Crippen LogP contribution in [0.4, 0.5) is 0 Å². The van der Waals surface area contributed by atoms with Crippen LogP contribution >= 0.6 is 0 Å². The molecule has 0 fully saturated rings. The third kappa shape index (κ3) is 1.89. The molecule has 3 aromatic rings. The van der Waals surface area contributed by atoms with Crippen LogP contribution in [0.3, 0.4) is 0 Å². The van der Waals surface area contributed by atoms with Crippen LogP contribution < -0.4 is 5.73 Å². The highest BCUT2D eigenvalue weighted by Crippen LogP contribution is 2.21. The van der Waals surface area contributed by atoms with Gasteiger partial charge in [0.05, 0.1) is 11.0 Å². The molecule has 0 radical (unpaired) electrons. The first kappa shape index (κ1) is 11.0. The van der Waals surface area contributed by atoms with E-state index in [4.69, 9.17) is 5.73 Å². The molecule has 0 aliphatic heterocycles. The molecule has 0 amide bonds. The Labute approximate surface area is 106 Å². The number of nitrogens with two attached hydrogens (primary N) is 1. The Hall–Kier alpha value is -2.13. The Kier molecular flexibility index (Phi) is 2.61. The molecule has 0 aliphatic carbocycles. The molecule has 3 heteroatoms. The van der Waals surface area contributed by atoms with Crippen LogP contribution in [0.25, 0.3) is 22.4 Å². The standard InChI is InChI=1S/C15H15N3/c1-10-2-5-12(6-3-10)15-17-13-7-4-11(9-16)8-14(13)18-15/h2-8H,9,16H2,1H3,(H,17,18). The van der Waals surface area contributed by atoms with Gasteiger partial charge in [0.15, 0.2) is 0 Å². The molecule has 90 valence electrons. The molecule has 0 saturated heterocycles. The number of aromatic nitrogens is 2. The smallest absolute Gasteiger partial charge is 0.138 e. The van der Waals surface area contributed by atoms with E-state index in [1.165, 1.54) is 5.56 Å². The van der Waals surface area contributed by atoms with Gasteiger partial charge in [-0.1, -0.05) is 35.9 Å². The van der Waals surface area contributed by atoms with Gasteiger partial charge >= 0.3 is 0 Å². The molecule has 3 N–H and O–H groups in total. The van der Waals surface area contributed by atoms with Crippen LogP contribution in [0, 0.1) is 6.92 Å². The maximum atomic E-state index is 5.64. The summed E-state index contributed by atoms with van der Waals surface area (Å²) in [5, 5.41) is 0. The second kappa shape index (κ2) is 4.27. The highest BCUT2D eigenvalue weighted by Gasteiger charge is 2.05. The Bertz CT molecular complexity index is 681. The highest BCUT2D eigenvalue weighted by molar-refractivity contribution is 5.80. The molecule has 0 bridgehead atoms. The van der Waals surface area contributed by atoms with Crippen molar-refractivity contribution in [2.45, 2.75) is 13.5 Å². The van der Waals surface area contributed by atoms with Crippen molar-refractivity contribution < 1.29 is 0 Å². The first-order valence-corrected chi connectivity index (χ1v) is 6.02. The van der Waals surface area contributed by atoms with Gasteiger partial charge in [0.2, 0.25) is 0 Å². The van der Waals surface area contributed by atoms with Crippen LogP contribution in [0.2, 0.25) is 0 Å². The topological polar surface area (TPSA) is 54.7 Å². The van der Waals surface area contributed by atoms with Crippen LogP contribution in [0.5, 0.6) is 0 Å². The fourth-order valence-electron chi connectivity index (χ4n) is 2.03. The Morgan fingerprint density at radius 1 is 1.11 bits per heavy atom. The number of hydrogen-bond donors (Lipinski definition) is 2. The summed E-state index contributed by atoms with van der Waals surface area (Å²) >= 11 is 0. The summed E-state index contributed by atoms with van der Waals surface area (Å²) in [6, 6.07) is 14.4. The van der Waals surface area contributed by atoms with Crippen LogP contribution in [-0.4, -0.2) is 9.97 Å². The van der Waals surface area contributed by atoms with Crippen molar-refractivity contribution in [2.75, 3.05) is 0 Å². The third-order valence-corrected chi connectivity index (χ3v) is 3.11. The molecule has 3 nitrogen and oxygen atoms in total. The number of rotatable bonds is 2. The minimum Gasteiger partial charge on any atom is -0.338 e. The van der Waals surface area contributed by atoms with Gasteiger partial charge in [0.1, 0.15) is 5.82 Å². The highest BCUT2D eigenvalue weighted by atomic mass is 14.9. The molecule has 1 heterocycles. The average Bonchev–Trinajstić information content (AvgIpc) is 2.82. The minimum atomic E-state index is 0.544. The molecule has 0 spiro atoms. The van der Waals surface area contributed by atoms with Crippen molar-refractivity contribution in [3.05, 3.63) is 53.6 Å². The number of hydrogen-bond acceptors (Lipinski definition) is 2. The van der Waals surface area contributed by atoms with E-state index in [2.05, 4.69) is 41.2 Å². The van der Waals surface area contributed by atoms with Gasteiger partial charge < -0.3 is 10.7 Å². The van der Waals surface area contributed by atoms with E-state index in [-0.39, 0.29) is 0 Å². The quantitative estimate of drug-likeness (QED) is 0.720. The van der Waals surface area contributed by atoms with Gasteiger partial charge in [-0.3, -0.25) is 0 Å². The molecule has 0 unspecified atom stereocenters. The molecular weight excluding hydrogens is 222 g/mol. The Morgan fingerprint density at radius 2 is 1.89 bits per heavy atom. The normalized spacial score (nSPS) is 11.0. The molecule has 1 aromatic heterocycles. The van der Waals surface area contributed by atoms with Gasteiger partial charge in [0, 0.05) is 12.1 Å². The van der Waals surface area contributed by atoms with Crippen molar-refractivity contribution in [3.63, 3.8) is 0 Å². The van der Waals surface area contributed by atoms with Crippen molar-refractivity contribution >= 4 is 11.0 Å². The molecule has 3 rings (SSSR count). The van der Waals surface area contributed by atoms with E-state index in [1.54, 1.807) is 0 Å². The van der Waals surface area contributed by atoms with Crippen molar-refractivity contribution in [1.29, 1.82) is 0 Å². The van der Waals surface area contributed by atoms with Crippen LogP contribution in [-0.2, 0) is 6.54 Å². The lowest BCUT2D eigenvalue weighted by Gasteiger charge is -1.96. The first-order chi connectivity index (χ1) is 8.76. The summed E-state index contributed by atoms with van der Waals surface area (Å²) in [4.78, 5) is 7.94. The Balaban J connectivity index is 2.10. The maximum absolute atomic E-state index is 5.64. The number of nitrogens with one attached hydrogen (secondary N) is 1. The molecule has 0 aliphatic rings. The predicted octanol–water partition coefficient (Wildman–Crippen LogP) is 3.00. The minimum absolute atomic E-state index is 0.544. The number of fused-ring (bicyclic) bond motifs is 1. The maximum Gasteiger partial charge on any atom is 0.138 e. The zero-order chi connectivity index (χ0) is 12.5. The van der Waals surface area contributed by atoms with E-state index in [1.807, 2.05) is 18.2 Å². The van der Waals surface area contributed by atoms with Crippen LogP contribution in [0.15, 0.2) is 42.5 Å². The second-order valence-electron chi connectivity index (χ2n) is 4.51. The molecule has 2 aromatic carbocycles. The molecule has 18 heavy (non-hydrogen) atoms. The summed E-state index contributed by atoms with van der Waals surface area (Å²) in [5.74, 6) is 0.902. The lowest BCUT2D eigenvalue weighted by molar-refractivity contribution is 1.07. The van der Waals surface area contributed by atoms with Crippen molar-refractivity contribution in [1.82, 2.24) is 9.97 Å². The molecule has 0 saturated carbocycles. The monoisotopic (exact) mass is 237 g/mol. The number of benzene rings is 2. The van der Waals surface area contributed by atoms with Crippen molar-refractivity contribution in [2.24, 2.45) is 5.73 Å². The van der Waals surface area contributed by atoms with Gasteiger partial charge in [-0.15, -0.1) is 0 Å². The number of aryl methyl sites for hydroxylation is 1. The molecular formula is C15H15N3. The lowest BCUT2D eigenvalue weighted by atomic mass is 10.1. The summed E-state index contributed by atoms with van der Waals surface area (Å²) < 4.78 is 0. The van der Waals surface area contributed by atoms with Crippen LogP contribution in [0.1, 0.15) is 11.1 Å². The van der Waals surface area contributed by atoms with Gasteiger partial charge in [0.25, 0.3) is 0 Å². The SMILES string of the molecule is Cc1ccc(-c2nc3cc(CN)ccc3[nH]2)cc1. The van der Waals surface area contributed by atoms with Crippen molar-refractivity contribution in [3.8, 4) is 11.4 Å². The zero-order valence-corrected chi connectivity index (χ0v) is 10.3. The summed E-state index contributed by atoms with van der Waals surface area (Å²) in [6.45, 7) is 2.62. The number of H-pyrrole nitrogens is 1. The largest absolute Gasteiger partial charge is 0.338 e. The lowest BCUT2D eigenvalue weighted by Crippen LogP contribution is -1.95. The summed E-state index contributed by atoms with van der Waals surface area (Å²) in [6.07, 6.45) is 0. The molecule has 0 atom stereocenters. The van der Waals surface area contributed by atoms with E-state index in [0.717, 1.165) is 28.0 Å². The number of imidazole rings is 1. The van der Waals surface area contributed by atoms with Gasteiger partial charge in [-0.25, -0.2) is 4.98 Å². The Morgan fingerprint density at radius 3 is 2.61 bits per heavy atom. The van der Waals surface area contributed by atoms with E-state index in [0.29, 0.717) is 6.54 Å².